The molecule has 0 aliphatic carbocycles. The topological polar surface area (TPSA) is 49.9 Å². The van der Waals surface area contributed by atoms with Crippen LogP contribution in [0.5, 0.6) is 5.75 Å². The van der Waals surface area contributed by atoms with Crippen molar-refractivity contribution in [3.8, 4) is 5.75 Å². The molecule has 2 rings (SSSR count). The van der Waals surface area contributed by atoms with Crippen molar-refractivity contribution in [1.29, 1.82) is 0 Å². The molecule has 0 atom stereocenters. The van der Waals surface area contributed by atoms with Crippen molar-refractivity contribution >= 4 is 11.8 Å². The molecule has 1 fully saturated rings. The van der Waals surface area contributed by atoms with Gasteiger partial charge in [0.2, 0.25) is 5.91 Å². The van der Waals surface area contributed by atoms with E-state index in [2.05, 4.69) is 0 Å². The minimum absolute atomic E-state index is 0.0221. The first-order chi connectivity index (χ1) is 10.7. The second-order valence-electron chi connectivity index (χ2n) is 5.34. The summed E-state index contributed by atoms with van der Waals surface area (Å²) in [6.45, 7) is 7.06. The Morgan fingerprint density at radius 3 is 2.27 bits per heavy atom. The van der Waals surface area contributed by atoms with Gasteiger partial charge in [-0.2, -0.15) is 0 Å². The number of hydrogen-bond acceptors (Lipinski definition) is 3. The lowest BCUT2D eigenvalue weighted by molar-refractivity contribution is -0.130. The summed E-state index contributed by atoms with van der Waals surface area (Å²) in [4.78, 5) is 28.0. The minimum Gasteiger partial charge on any atom is -0.494 e. The third-order valence-electron chi connectivity index (χ3n) is 3.85. The Balaban J connectivity index is 1.98. The molecule has 1 aromatic carbocycles. The van der Waals surface area contributed by atoms with E-state index in [1.807, 2.05) is 35.8 Å². The van der Waals surface area contributed by atoms with Gasteiger partial charge in [0.15, 0.2) is 0 Å². The number of ether oxygens (including phenoxy) is 1. The Kier molecular flexibility index (Phi) is 5.81. The van der Waals surface area contributed by atoms with Gasteiger partial charge in [-0.05, 0) is 37.6 Å². The van der Waals surface area contributed by atoms with Gasteiger partial charge >= 0.3 is 0 Å². The molecular formula is C17H24N2O3. The molecule has 1 aliphatic rings. The van der Waals surface area contributed by atoms with Crippen LogP contribution in [0.3, 0.4) is 0 Å². The van der Waals surface area contributed by atoms with Gasteiger partial charge in [0.05, 0.1) is 6.61 Å². The lowest BCUT2D eigenvalue weighted by Crippen LogP contribution is -2.37. The summed E-state index contributed by atoms with van der Waals surface area (Å²) >= 11 is 0. The molecule has 0 bridgehead atoms. The normalized spacial score (nSPS) is 15.4. The fraction of sp³-hybridized carbons (Fsp3) is 0.529. The quantitative estimate of drug-likeness (QED) is 0.856. The van der Waals surface area contributed by atoms with Crippen LogP contribution in [-0.4, -0.2) is 54.4 Å². The van der Waals surface area contributed by atoms with E-state index in [0.29, 0.717) is 38.2 Å². The lowest BCUT2D eigenvalue weighted by Gasteiger charge is -2.22. The maximum atomic E-state index is 12.5. The molecule has 0 unspecified atom stereocenters. The average molecular weight is 304 g/mol. The second-order valence-corrected chi connectivity index (χ2v) is 5.34. The molecule has 1 heterocycles. The molecule has 22 heavy (non-hydrogen) atoms. The summed E-state index contributed by atoms with van der Waals surface area (Å²) in [5, 5.41) is 0. The predicted molar refractivity (Wildman–Crippen MR) is 85.0 cm³/mol. The second kappa shape index (κ2) is 7.82. The fourth-order valence-corrected chi connectivity index (χ4v) is 2.64. The largest absolute Gasteiger partial charge is 0.494 e. The predicted octanol–water partition coefficient (Wildman–Crippen LogP) is 2.17. The van der Waals surface area contributed by atoms with Crippen LogP contribution in [0.2, 0.25) is 0 Å². The first kappa shape index (κ1) is 16.3. The van der Waals surface area contributed by atoms with Crippen molar-refractivity contribution in [2.24, 2.45) is 0 Å². The van der Waals surface area contributed by atoms with Crippen LogP contribution in [0.1, 0.15) is 37.0 Å². The van der Waals surface area contributed by atoms with Crippen LogP contribution >= 0.6 is 0 Å². The molecule has 5 heteroatoms. The standard InChI is InChI=1S/C17H24N2O3/c1-3-16(20)18-10-5-11-19(13-12-18)17(21)14-6-8-15(9-7-14)22-4-2/h6-9H,3-5,10-13H2,1-2H3. The third kappa shape index (κ3) is 4.00. The molecule has 0 radical (unpaired) electrons. The van der Waals surface area contributed by atoms with E-state index in [1.54, 1.807) is 12.1 Å². The molecule has 1 saturated heterocycles. The van der Waals surface area contributed by atoms with Gasteiger partial charge in [0.1, 0.15) is 5.75 Å². The summed E-state index contributed by atoms with van der Waals surface area (Å²) in [5.41, 5.74) is 0.665. The van der Waals surface area contributed by atoms with Crippen LogP contribution in [0.15, 0.2) is 24.3 Å². The van der Waals surface area contributed by atoms with E-state index in [9.17, 15) is 9.59 Å². The molecule has 1 aromatic rings. The van der Waals surface area contributed by atoms with Crippen molar-refractivity contribution in [2.45, 2.75) is 26.7 Å². The van der Waals surface area contributed by atoms with E-state index in [1.165, 1.54) is 0 Å². The van der Waals surface area contributed by atoms with Gasteiger partial charge in [0, 0.05) is 38.2 Å². The van der Waals surface area contributed by atoms with Gasteiger partial charge in [-0.25, -0.2) is 0 Å². The first-order valence-corrected chi connectivity index (χ1v) is 7.95. The van der Waals surface area contributed by atoms with Crippen LogP contribution in [-0.2, 0) is 4.79 Å². The zero-order valence-electron chi connectivity index (χ0n) is 13.4. The SMILES string of the molecule is CCOc1ccc(C(=O)N2CCCN(C(=O)CC)CC2)cc1. The highest BCUT2D eigenvalue weighted by molar-refractivity contribution is 5.94. The minimum atomic E-state index is 0.0221. The highest BCUT2D eigenvalue weighted by Crippen LogP contribution is 2.15. The molecule has 0 spiro atoms. The molecule has 0 N–H and O–H groups in total. The van der Waals surface area contributed by atoms with Crippen molar-refractivity contribution in [3.63, 3.8) is 0 Å². The van der Waals surface area contributed by atoms with Gasteiger partial charge in [-0.15, -0.1) is 0 Å². The van der Waals surface area contributed by atoms with Crippen molar-refractivity contribution in [2.75, 3.05) is 32.8 Å². The molecule has 2 amide bonds. The van der Waals surface area contributed by atoms with Crippen molar-refractivity contribution in [3.05, 3.63) is 29.8 Å². The van der Waals surface area contributed by atoms with Crippen molar-refractivity contribution < 1.29 is 14.3 Å². The molecule has 5 nitrogen and oxygen atoms in total. The van der Waals surface area contributed by atoms with E-state index < -0.39 is 0 Å². The average Bonchev–Trinajstić information content (AvgIpc) is 2.80. The summed E-state index contributed by atoms with van der Waals surface area (Å²) in [7, 11) is 0. The Bertz CT molecular complexity index is 513. The van der Waals surface area contributed by atoms with Crippen LogP contribution in [0.25, 0.3) is 0 Å². The number of benzene rings is 1. The summed E-state index contributed by atoms with van der Waals surface area (Å²) in [6.07, 6.45) is 1.35. The number of amides is 2. The first-order valence-electron chi connectivity index (χ1n) is 7.95. The van der Waals surface area contributed by atoms with Crippen molar-refractivity contribution in [1.82, 2.24) is 9.80 Å². The third-order valence-corrected chi connectivity index (χ3v) is 3.85. The number of hydrogen-bond donors (Lipinski definition) is 0. The summed E-state index contributed by atoms with van der Waals surface area (Å²) in [5.74, 6) is 0.957. The van der Waals surface area contributed by atoms with Gasteiger partial charge in [-0.1, -0.05) is 6.92 Å². The Morgan fingerprint density at radius 1 is 1.00 bits per heavy atom. The number of carbonyl (C=O) groups excluding carboxylic acids is 2. The maximum absolute atomic E-state index is 12.5. The Morgan fingerprint density at radius 2 is 1.64 bits per heavy atom. The molecule has 1 aliphatic heterocycles. The molecule has 120 valence electrons. The number of nitrogens with zero attached hydrogens (tertiary/aromatic N) is 2. The van der Waals surface area contributed by atoms with Crippen LogP contribution in [0, 0.1) is 0 Å². The van der Waals surface area contributed by atoms with Crippen LogP contribution < -0.4 is 4.74 Å². The van der Waals surface area contributed by atoms with Crippen LogP contribution in [0.4, 0.5) is 0 Å². The zero-order valence-corrected chi connectivity index (χ0v) is 13.4. The van der Waals surface area contributed by atoms with Gasteiger partial charge in [0.25, 0.3) is 5.91 Å². The zero-order chi connectivity index (χ0) is 15.9. The summed E-state index contributed by atoms with van der Waals surface area (Å²) < 4.78 is 5.39. The van der Waals surface area contributed by atoms with Gasteiger partial charge in [-0.3, -0.25) is 9.59 Å². The fourth-order valence-electron chi connectivity index (χ4n) is 2.64. The number of rotatable bonds is 4. The number of carbonyl (C=O) groups is 2. The lowest BCUT2D eigenvalue weighted by atomic mass is 10.2. The molecule has 0 aromatic heterocycles. The highest BCUT2D eigenvalue weighted by atomic mass is 16.5. The Labute approximate surface area is 131 Å². The smallest absolute Gasteiger partial charge is 0.253 e. The van der Waals surface area contributed by atoms with E-state index in [-0.39, 0.29) is 11.8 Å². The van der Waals surface area contributed by atoms with E-state index in [0.717, 1.165) is 18.7 Å². The van der Waals surface area contributed by atoms with Gasteiger partial charge < -0.3 is 14.5 Å². The van der Waals surface area contributed by atoms with E-state index >= 15 is 0 Å². The van der Waals surface area contributed by atoms with E-state index in [4.69, 9.17) is 4.74 Å². The molecular weight excluding hydrogens is 280 g/mol. The highest BCUT2D eigenvalue weighted by Gasteiger charge is 2.22. The maximum Gasteiger partial charge on any atom is 0.253 e. The Hall–Kier alpha value is -2.04. The molecule has 0 saturated carbocycles. The monoisotopic (exact) mass is 304 g/mol. The summed E-state index contributed by atoms with van der Waals surface area (Å²) in [6, 6.07) is 7.24.